The first kappa shape index (κ1) is 19.9. The van der Waals surface area contributed by atoms with Crippen molar-refractivity contribution < 1.29 is 9.53 Å². The van der Waals surface area contributed by atoms with Gasteiger partial charge in [-0.25, -0.2) is 0 Å². The molecule has 5 heteroatoms. The first-order chi connectivity index (χ1) is 14.8. The molecular formula is C25H25N3O2. The van der Waals surface area contributed by atoms with E-state index in [1.165, 1.54) is 6.08 Å². The van der Waals surface area contributed by atoms with Crippen LogP contribution in [0.1, 0.15) is 22.9 Å². The molecule has 1 N–H and O–H groups in total. The highest BCUT2D eigenvalue weighted by Crippen LogP contribution is 2.30. The Labute approximate surface area is 177 Å². The highest BCUT2D eigenvalue weighted by atomic mass is 16.5. The molecule has 30 heavy (non-hydrogen) atoms. The van der Waals surface area contributed by atoms with Gasteiger partial charge in [0.15, 0.2) is 0 Å². The summed E-state index contributed by atoms with van der Waals surface area (Å²) in [5.41, 5.74) is 3.08. The van der Waals surface area contributed by atoms with Gasteiger partial charge in [-0.3, -0.25) is 14.7 Å². The van der Waals surface area contributed by atoms with E-state index in [0.717, 1.165) is 42.2 Å². The van der Waals surface area contributed by atoms with E-state index in [0.29, 0.717) is 6.54 Å². The zero-order valence-electron chi connectivity index (χ0n) is 16.8. The molecule has 0 saturated heterocycles. The van der Waals surface area contributed by atoms with Crippen LogP contribution >= 0.6 is 0 Å². The Morgan fingerprint density at radius 3 is 2.70 bits per heavy atom. The second kappa shape index (κ2) is 9.85. The SMILES string of the molecule is O=C(/C=C/c1ccccn1)NCCN1Cc2ccccc2OC(c2ccccc2)C1. The molecule has 0 spiro atoms. The molecule has 1 aliphatic rings. The van der Waals surface area contributed by atoms with E-state index in [-0.39, 0.29) is 12.0 Å². The van der Waals surface area contributed by atoms with Crippen LogP contribution in [-0.2, 0) is 11.3 Å². The summed E-state index contributed by atoms with van der Waals surface area (Å²) in [6.45, 7) is 2.86. The predicted molar refractivity (Wildman–Crippen MR) is 118 cm³/mol. The smallest absolute Gasteiger partial charge is 0.244 e. The first-order valence-corrected chi connectivity index (χ1v) is 10.2. The third kappa shape index (κ3) is 5.33. The van der Waals surface area contributed by atoms with E-state index in [1.807, 2.05) is 54.6 Å². The highest BCUT2D eigenvalue weighted by Gasteiger charge is 2.23. The van der Waals surface area contributed by atoms with Gasteiger partial charge in [-0.05, 0) is 29.8 Å². The number of hydrogen-bond donors (Lipinski definition) is 1. The minimum absolute atomic E-state index is 0.0467. The Morgan fingerprint density at radius 2 is 1.87 bits per heavy atom. The second-order valence-corrected chi connectivity index (χ2v) is 7.24. The van der Waals surface area contributed by atoms with Gasteiger partial charge in [0.1, 0.15) is 11.9 Å². The summed E-state index contributed by atoms with van der Waals surface area (Å²) in [4.78, 5) is 18.7. The van der Waals surface area contributed by atoms with Crippen molar-refractivity contribution in [3.8, 4) is 5.75 Å². The lowest BCUT2D eigenvalue weighted by atomic mass is 10.1. The van der Waals surface area contributed by atoms with Crippen molar-refractivity contribution in [1.29, 1.82) is 0 Å². The maximum Gasteiger partial charge on any atom is 0.244 e. The molecule has 1 aromatic heterocycles. The van der Waals surface area contributed by atoms with Crippen LogP contribution in [0.2, 0.25) is 0 Å². The van der Waals surface area contributed by atoms with Crippen molar-refractivity contribution in [1.82, 2.24) is 15.2 Å². The number of nitrogens with zero attached hydrogens (tertiary/aromatic N) is 2. The number of carbonyl (C=O) groups excluding carboxylic acids is 1. The fourth-order valence-electron chi connectivity index (χ4n) is 3.52. The molecule has 2 aromatic carbocycles. The minimum atomic E-state index is -0.119. The number of benzene rings is 2. The third-order valence-electron chi connectivity index (χ3n) is 5.05. The lowest BCUT2D eigenvalue weighted by Crippen LogP contribution is -2.36. The molecule has 2 heterocycles. The van der Waals surface area contributed by atoms with Gasteiger partial charge >= 0.3 is 0 Å². The van der Waals surface area contributed by atoms with E-state index in [2.05, 4.69) is 33.4 Å². The van der Waals surface area contributed by atoms with Gasteiger partial charge in [-0.2, -0.15) is 0 Å². The molecule has 5 nitrogen and oxygen atoms in total. The molecule has 1 amide bonds. The number of hydrogen-bond acceptors (Lipinski definition) is 4. The zero-order valence-corrected chi connectivity index (χ0v) is 16.8. The van der Waals surface area contributed by atoms with Crippen molar-refractivity contribution in [2.75, 3.05) is 19.6 Å². The normalized spacial score (nSPS) is 16.5. The molecule has 1 aliphatic heterocycles. The number of aromatic nitrogens is 1. The van der Waals surface area contributed by atoms with Gasteiger partial charge in [0, 0.05) is 44.0 Å². The van der Waals surface area contributed by atoms with E-state index < -0.39 is 0 Å². The van der Waals surface area contributed by atoms with Crippen LogP contribution in [-0.4, -0.2) is 35.4 Å². The van der Waals surface area contributed by atoms with Gasteiger partial charge < -0.3 is 10.1 Å². The van der Waals surface area contributed by atoms with E-state index >= 15 is 0 Å². The summed E-state index contributed by atoms with van der Waals surface area (Å²) in [6.07, 6.45) is 4.90. The van der Waals surface area contributed by atoms with Gasteiger partial charge in [-0.1, -0.05) is 54.6 Å². The van der Waals surface area contributed by atoms with Crippen molar-refractivity contribution in [2.24, 2.45) is 0 Å². The number of para-hydroxylation sites is 1. The van der Waals surface area contributed by atoms with Crippen LogP contribution in [0.15, 0.2) is 85.1 Å². The maximum absolute atomic E-state index is 12.1. The van der Waals surface area contributed by atoms with Gasteiger partial charge in [0.05, 0.1) is 5.69 Å². The first-order valence-electron chi connectivity index (χ1n) is 10.2. The summed E-state index contributed by atoms with van der Waals surface area (Å²) in [5, 5.41) is 2.96. The quantitative estimate of drug-likeness (QED) is 0.640. The summed E-state index contributed by atoms with van der Waals surface area (Å²) in [7, 11) is 0. The molecule has 0 fully saturated rings. The van der Waals surface area contributed by atoms with Crippen LogP contribution in [0, 0.1) is 0 Å². The predicted octanol–water partition coefficient (Wildman–Crippen LogP) is 3.85. The number of nitrogens with one attached hydrogen (secondary N) is 1. The van der Waals surface area contributed by atoms with Crippen molar-refractivity contribution in [2.45, 2.75) is 12.6 Å². The Bertz CT molecular complexity index is 990. The topological polar surface area (TPSA) is 54.5 Å². The Hall–Kier alpha value is -3.44. The summed E-state index contributed by atoms with van der Waals surface area (Å²) in [5.74, 6) is 0.808. The van der Waals surface area contributed by atoms with E-state index in [9.17, 15) is 4.79 Å². The molecule has 4 rings (SSSR count). The lowest BCUT2D eigenvalue weighted by molar-refractivity contribution is -0.116. The van der Waals surface area contributed by atoms with Crippen molar-refractivity contribution in [3.63, 3.8) is 0 Å². The fourth-order valence-corrected chi connectivity index (χ4v) is 3.52. The van der Waals surface area contributed by atoms with Gasteiger partial charge in [-0.15, -0.1) is 0 Å². The highest BCUT2D eigenvalue weighted by molar-refractivity contribution is 5.91. The third-order valence-corrected chi connectivity index (χ3v) is 5.05. The standard InChI is InChI=1S/C25H25N3O2/c29-25(14-13-22-11-6-7-15-26-22)27-16-17-28-18-21-10-4-5-12-23(21)30-24(19-28)20-8-2-1-3-9-20/h1-15,24H,16-19H2,(H,27,29)/b14-13+. The average molecular weight is 399 g/mol. The molecule has 0 radical (unpaired) electrons. The molecule has 1 unspecified atom stereocenters. The lowest BCUT2D eigenvalue weighted by Gasteiger charge is -2.24. The number of pyridine rings is 1. The van der Waals surface area contributed by atoms with Gasteiger partial charge in [0.2, 0.25) is 5.91 Å². The Balaban J connectivity index is 1.38. The van der Waals surface area contributed by atoms with Crippen LogP contribution in [0.5, 0.6) is 5.75 Å². The number of ether oxygens (including phenoxy) is 1. The molecule has 0 saturated carbocycles. The van der Waals surface area contributed by atoms with Crippen molar-refractivity contribution >= 4 is 12.0 Å². The molecule has 1 atom stereocenters. The van der Waals surface area contributed by atoms with Gasteiger partial charge in [0.25, 0.3) is 0 Å². The molecule has 0 bridgehead atoms. The van der Waals surface area contributed by atoms with Crippen LogP contribution in [0.25, 0.3) is 6.08 Å². The van der Waals surface area contributed by atoms with E-state index in [1.54, 1.807) is 12.3 Å². The number of amides is 1. The van der Waals surface area contributed by atoms with E-state index in [4.69, 9.17) is 4.74 Å². The monoisotopic (exact) mass is 399 g/mol. The number of rotatable bonds is 6. The number of fused-ring (bicyclic) bond motifs is 1. The molecule has 152 valence electrons. The molecular weight excluding hydrogens is 374 g/mol. The molecule has 0 aliphatic carbocycles. The van der Waals surface area contributed by atoms with Crippen LogP contribution in [0.3, 0.4) is 0 Å². The fraction of sp³-hybridized carbons (Fsp3) is 0.200. The summed E-state index contributed by atoms with van der Waals surface area (Å²) >= 11 is 0. The Kier molecular flexibility index (Phi) is 6.52. The summed E-state index contributed by atoms with van der Waals surface area (Å²) in [6, 6.07) is 24.1. The second-order valence-electron chi connectivity index (χ2n) is 7.24. The van der Waals surface area contributed by atoms with Crippen LogP contribution in [0.4, 0.5) is 0 Å². The van der Waals surface area contributed by atoms with Crippen molar-refractivity contribution in [3.05, 3.63) is 102 Å². The van der Waals surface area contributed by atoms with Crippen LogP contribution < -0.4 is 10.1 Å². The summed E-state index contributed by atoms with van der Waals surface area (Å²) < 4.78 is 6.34. The number of carbonyl (C=O) groups is 1. The Morgan fingerprint density at radius 1 is 1.07 bits per heavy atom. The largest absolute Gasteiger partial charge is 0.484 e. The minimum Gasteiger partial charge on any atom is -0.484 e. The average Bonchev–Trinajstić information content (AvgIpc) is 2.98. The maximum atomic E-state index is 12.1. The molecule has 3 aromatic rings. The zero-order chi connectivity index (χ0) is 20.6.